The Balaban J connectivity index is 1.11. The Morgan fingerprint density at radius 2 is 0.778 bits per heavy atom. The van der Waals surface area contributed by atoms with Crippen LogP contribution >= 0.6 is 0 Å². The minimum atomic E-state index is -1.53. The lowest BCUT2D eigenvalue weighted by atomic mass is 9.70. The van der Waals surface area contributed by atoms with Gasteiger partial charge in [-0.25, -0.2) is 0 Å². The maximum atomic E-state index is 2.59. The van der Waals surface area contributed by atoms with Crippen LogP contribution in [0.4, 0.5) is 17.1 Å². The molecule has 11 aromatic carbocycles. The largest absolute Gasteiger partial charge is 0.310 e. The minimum Gasteiger partial charge on any atom is -0.310 e. The molecule has 3 heteroatoms. The van der Waals surface area contributed by atoms with E-state index in [4.69, 9.17) is 0 Å². The summed E-state index contributed by atoms with van der Waals surface area (Å²) in [5.41, 5.74) is 18.1. The summed E-state index contributed by atoms with van der Waals surface area (Å²) < 4.78 is 0. The fraction of sp³-hybridized carbons (Fsp3) is 0.101. The van der Waals surface area contributed by atoms with Crippen LogP contribution < -0.4 is 15.3 Å². The molecule has 2 aliphatic rings. The Bertz CT molecular complexity index is 3970. The number of nitrogens with zero attached hydrogens (tertiary/aromatic N) is 1. The highest BCUT2D eigenvalue weighted by atomic mass is 28.3. The molecule has 0 saturated heterocycles. The summed E-state index contributed by atoms with van der Waals surface area (Å²) in [7, 11) is -3.02. The fourth-order valence-electron chi connectivity index (χ4n) is 12.2. The first-order valence-electron chi connectivity index (χ1n) is 25.6. The molecule has 0 heterocycles. The monoisotopic (exact) mass is 955 g/mol. The van der Waals surface area contributed by atoms with Crippen LogP contribution in [0.3, 0.4) is 0 Å². The molecule has 2 aliphatic carbocycles. The standard InChI is InChI=1S/C69H57NSi2/c1-71(2,3)52-35-30-48(31-36-52)61(47-19-9-7-10-20-47)41-46-29-39-59-60-40-34-51(70(49-21-11-8-12-22-49)50-32-37-53(38-33-50)72(4,5)6)43-67(60)69(66(59)42-46)65-28-18-17-27-58(65)64-44-62-56-25-15-13-23-54(56)55-24-14-16-26-57(55)63(62)45-68(64)69/h7-45H,1-6H3/b61-41+. The first-order chi connectivity index (χ1) is 35.0. The van der Waals surface area contributed by atoms with Crippen molar-refractivity contribution in [3.05, 3.63) is 269 Å². The van der Waals surface area contributed by atoms with Crippen LogP contribution in [0.2, 0.25) is 39.3 Å². The molecular weight excluding hydrogens is 899 g/mol. The van der Waals surface area contributed by atoms with Crippen LogP contribution in [0.1, 0.15) is 38.9 Å². The number of hydrogen-bond acceptors (Lipinski definition) is 1. The number of fused-ring (bicyclic) bond motifs is 16. The first kappa shape index (κ1) is 44.1. The summed E-state index contributed by atoms with van der Waals surface area (Å²) in [6.45, 7) is 14.6. The molecule has 11 aromatic rings. The summed E-state index contributed by atoms with van der Waals surface area (Å²) in [5, 5.41) is 10.7. The van der Waals surface area contributed by atoms with Gasteiger partial charge in [0.25, 0.3) is 0 Å². The lowest BCUT2D eigenvalue weighted by Crippen LogP contribution is -2.37. The van der Waals surface area contributed by atoms with Crippen molar-refractivity contribution < 1.29 is 0 Å². The lowest BCUT2D eigenvalue weighted by Gasteiger charge is -2.33. The Morgan fingerprint density at radius 3 is 1.40 bits per heavy atom. The maximum Gasteiger partial charge on any atom is 0.0775 e. The van der Waals surface area contributed by atoms with Crippen LogP contribution in [0.15, 0.2) is 231 Å². The van der Waals surface area contributed by atoms with Gasteiger partial charge in [-0.2, -0.15) is 0 Å². The van der Waals surface area contributed by atoms with Crippen LogP contribution in [0, 0.1) is 0 Å². The van der Waals surface area contributed by atoms with Crippen molar-refractivity contribution in [2.75, 3.05) is 4.90 Å². The van der Waals surface area contributed by atoms with Gasteiger partial charge in [-0.15, -0.1) is 0 Å². The highest BCUT2D eigenvalue weighted by molar-refractivity contribution is 6.89. The van der Waals surface area contributed by atoms with Gasteiger partial charge in [0.15, 0.2) is 0 Å². The van der Waals surface area contributed by atoms with E-state index in [1.165, 1.54) is 109 Å². The van der Waals surface area contributed by atoms with E-state index in [0.29, 0.717) is 0 Å². The van der Waals surface area contributed by atoms with Gasteiger partial charge in [-0.1, -0.05) is 226 Å². The number of rotatable bonds is 8. The topological polar surface area (TPSA) is 3.24 Å². The molecule has 1 unspecified atom stereocenters. The SMILES string of the molecule is C[Si](C)(C)c1ccc(/C(=C/c2ccc3c(c2)C2(c4ccccc4-c4cc5c6ccccc6c6ccccc6c5cc42)c2cc(N(c4ccccc4)c4ccc([Si](C)(C)C)cc4)ccc2-3)c2ccccc2)cc1. The molecular formula is C69H57NSi2. The molecule has 1 spiro atoms. The van der Waals surface area contributed by atoms with Crippen molar-refractivity contribution in [1.29, 1.82) is 0 Å². The third-order valence-corrected chi connectivity index (χ3v) is 19.9. The van der Waals surface area contributed by atoms with Crippen molar-refractivity contribution in [2.24, 2.45) is 0 Å². The molecule has 1 nitrogen and oxygen atoms in total. The fourth-order valence-corrected chi connectivity index (χ4v) is 14.5. The predicted molar refractivity (Wildman–Crippen MR) is 316 cm³/mol. The van der Waals surface area contributed by atoms with Crippen LogP contribution in [-0.2, 0) is 5.41 Å². The van der Waals surface area contributed by atoms with Gasteiger partial charge >= 0.3 is 0 Å². The Hall–Kier alpha value is -7.83. The van der Waals surface area contributed by atoms with Gasteiger partial charge < -0.3 is 4.90 Å². The van der Waals surface area contributed by atoms with Gasteiger partial charge in [-0.3, -0.25) is 0 Å². The molecule has 0 saturated carbocycles. The van der Waals surface area contributed by atoms with E-state index in [1.54, 1.807) is 0 Å². The normalized spacial score (nSPS) is 14.9. The summed E-state index contributed by atoms with van der Waals surface area (Å²) in [6.07, 6.45) is 2.43. The third-order valence-electron chi connectivity index (χ3n) is 15.8. The average molecular weight is 956 g/mol. The molecule has 72 heavy (non-hydrogen) atoms. The van der Waals surface area contributed by atoms with Crippen LogP contribution in [0.25, 0.3) is 66.2 Å². The van der Waals surface area contributed by atoms with E-state index in [0.717, 1.165) is 17.1 Å². The predicted octanol–water partition coefficient (Wildman–Crippen LogP) is 17.6. The van der Waals surface area contributed by atoms with Gasteiger partial charge in [0, 0.05) is 17.1 Å². The molecule has 0 amide bonds. The zero-order chi connectivity index (χ0) is 48.9. The van der Waals surface area contributed by atoms with Crippen molar-refractivity contribution in [3.63, 3.8) is 0 Å². The summed E-state index contributed by atoms with van der Waals surface area (Å²) in [4.78, 5) is 2.46. The van der Waals surface area contributed by atoms with E-state index in [9.17, 15) is 0 Å². The highest BCUT2D eigenvalue weighted by Crippen LogP contribution is 2.64. The molecule has 1 atom stereocenters. The molecule has 0 fully saturated rings. The molecule has 0 bridgehead atoms. The van der Waals surface area contributed by atoms with Crippen molar-refractivity contribution in [3.8, 4) is 22.3 Å². The van der Waals surface area contributed by atoms with Gasteiger partial charge in [0.2, 0.25) is 0 Å². The molecule has 13 rings (SSSR count). The Morgan fingerprint density at radius 1 is 0.333 bits per heavy atom. The Kier molecular flexibility index (Phi) is 10.2. The number of para-hydroxylation sites is 1. The zero-order valence-corrected chi connectivity index (χ0v) is 44.0. The van der Waals surface area contributed by atoms with Crippen LogP contribution in [-0.4, -0.2) is 16.1 Å². The summed E-state index contributed by atoms with van der Waals surface area (Å²) in [6, 6.07) is 87.7. The Labute approximate surface area is 426 Å². The van der Waals surface area contributed by atoms with E-state index < -0.39 is 21.6 Å². The molecule has 0 radical (unpaired) electrons. The second-order valence-electron chi connectivity index (χ2n) is 22.1. The van der Waals surface area contributed by atoms with Crippen LogP contribution in [0.5, 0.6) is 0 Å². The number of hydrogen-bond donors (Lipinski definition) is 0. The third kappa shape index (κ3) is 6.93. The first-order valence-corrected chi connectivity index (χ1v) is 32.6. The molecule has 346 valence electrons. The van der Waals surface area contributed by atoms with Crippen molar-refractivity contribution >= 4 is 87.5 Å². The highest BCUT2D eigenvalue weighted by Gasteiger charge is 2.52. The van der Waals surface area contributed by atoms with E-state index in [-0.39, 0.29) is 0 Å². The van der Waals surface area contributed by atoms with E-state index in [1.807, 2.05) is 0 Å². The number of anilines is 3. The van der Waals surface area contributed by atoms with E-state index >= 15 is 0 Å². The second-order valence-corrected chi connectivity index (χ2v) is 32.2. The average Bonchev–Trinajstić information content (AvgIpc) is 3.86. The molecule has 0 aliphatic heterocycles. The van der Waals surface area contributed by atoms with Gasteiger partial charge in [0.05, 0.1) is 21.6 Å². The zero-order valence-electron chi connectivity index (χ0n) is 42.0. The molecule has 0 N–H and O–H groups in total. The minimum absolute atomic E-state index is 0.618. The quantitative estimate of drug-likeness (QED) is 0.0833. The summed E-state index contributed by atoms with van der Waals surface area (Å²) in [5.74, 6) is 0. The van der Waals surface area contributed by atoms with Crippen molar-refractivity contribution in [1.82, 2.24) is 0 Å². The summed E-state index contributed by atoms with van der Waals surface area (Å²) >= 11 is 0. The maximum absolute atomic E-state index is 2.59. The van der Waals surface area contributed by atoms with Gasteiger partial charge in [0.1, 0.15) is 0 Å². The van der Waals surface area contributed by atoms with Gasteiger partial charge in [-0.05, 0) is 160 Å². The van der Waals surface area contributed by atoms with E-state index in [2.05, 4.69) is 281 Å². The second kappa shape index (κ2) is 16.6. The smallest absolute Gasteiger partial charge is 0.0775 e. The number of benzene rings is 11. The molecule has 0 aromatic heterocycles. The van der Waals surface area contributed by atoms with Crippen molar-refractivity contribution in [2.45, 2.75) is 44.7 Å². The lowest BCUT2D eigenvalue weighted by molar-refractivity contribution is 0.794.